The minimum Gasteiger partial charge on any atom is -0.256 e. The first kappa shape index (κ1) is 8.35. The number of aryl methyl sites for hydroxylation is 1. The second kappa shape index (κ2) is 3.59. The van der Waals surface area contributed by atoms with E-state index >= 15 is 0 Å². The highest BCUT2D eigenvalue weighted by Gasteiger charge is 2.03. The van der Waals surface area contributed by atoms with E-state index in [9.17, 15) is 0 Å². The normalized spacial score (nSPS) is 9.55. The average Bonchev–Trinajstić information content (AvgIpc) is 2.33. The van der Waals surface area contributed by atoms with Gasteiger partial charge < -0.3 is 0 Å². The molecule has 0 saturated heterocycles. The van der Waals surface area contributed by atoms with E-state index in [1.54, 1.807) is 6.20 Å². The predicted molar refractivity (Wildman–Crippen MR) is 48.2 cm³/mol. The topological polar surface area (TPSA) is 17.8 Å². The molecule has 0 spiro atoms. The van der Waals surface area contributed by atoms with Gasteiger partial charge in [-0.05, 0) is 28.3 Å². The van der Waals surface area contributed by atoms with Crippen LogP contribution in [0.3, 0.4) is 0 Å². The summed E-state index contributed by atoms with van der Waals surface area (Å²) in [6.07, 6.45) is 8.06. The van der Waals surface area contributed by atoms with Crippen LogP contribution < -0.4 is 0 Å². The number of halogens is 1. The summed E-state index contributed by atoms with van der Waals surface area (Å²) in [5.41, 5.74) is 0.826. The van der Waals surface area contributed by atoms with Crippen molar-refractivity contribution in [2.45, 2.75) is 19.9 Å². The molecule has 0 bridgehead atoms. The van der Waals surface area contributed by atoms with E-state index in [0.717, 1.165) is 23.1 Å². The second-order valence-electron chi connectivity index (χ2n) is 2.21. The van der Waals surface area contributed by atoms with Crippen LogP contribution in [0.15, 0.2) is 10.7 Å². The Labute approximate surface area is 74.7 Å². The molecule has 0 saturated carbocycles. The van der Waals surface area contributed by atoms with Crippen LogP contribution in [-0.2, 0) is 6.54 Å². The van der Waals surface area contributed by atoms with E-state index < -0.39 is 0 Å². The van der Waals surface area contributed by atoms with E-state index in [4.69, 9.17) is 6.42 Å². The lowest BCUT2D eigenvalue weighted by Crippen LogP contribution is -2.01. The van der Waals surface area contributed by atoms with E-state index in [0.29, 0.717) is 0 Å². The van der Waals surface area contributed by atoms with Crippen molar-refractivity contribution in [2.75, 3.05) is 0 Å². The largest absolute Gasteiger partial charge is 0.256 e. The molecule has 11 heavy (non-hydrogen) atoms. The first-order chi connectivity index (χ1) is 5.29. The second-order valence-corrected chi connectivity index (χ2v) is 3.06. The van der Waals surface area contributed by atoms with Crippen molar-refractivity contribution in [1.29, 1.82) is 0 Å². The molecule has 1 heterocycles. The third-order valence-corrected chi connectivity index (χ3v) is 1.95. The Morgan fingerprint density at radius 3 is 3.09 bits per heavy atom. The fourth-order valence-electron chi connectivity index (χ4n) is 0.887. The van der Waals surface area contributed by atoms with Gasteiger partial charge >= 0.3 is 0 Å². The van der Waals surface area contributed by atoms with Crippen LogP contribution in [0, 0.1) is 12.3 Å². The SMILES string of the molecule is C#Cc1c(Br)cnn1CCC. The molecule has 0 fully saturated rings. The highest BCUT2D eigenvalue weighted by molar-refractivity contribution is 9.10. The summed E-state index contributed by atoms with van der Waals surface area (Å²) in [5, 5.41) is 4.10. The molecule has 0 amide bonds. The number of hydrogen-bond acceptors (Lipinski definition) is 1. The summed E-state index contributed by atoms with van der Waals surface area (Å²) in [4.78, 5) is 0. The van der Waals surface area contributed by atoms with Crippen LogP contribution in [0.5, 0.6) is 0 Å². The minimum absolute atomic E-state index is 0.826. The van der Waals surface area contributed by atoms with E-state index in [2.05, 4.69) is 33.9 Å². The van der Waals surface area contributed by atoms with E-state index in [1.807, 2.05) is 4.68 Å². The molecule has 0 aromatic carbocycles. The smallest absolute Gasteiger partial charge is 0.125 e. The number of hydrogen-bond donors (Lipinski definition) is 0. The molecule has 1 rings (SSSR count). The molecule has 0 atom stereocenters. The van der Waals surface area contributed by atoms with Gasteiger partial charge in [-0.25, -0.2) is 0 Å². The lowest BCUT2D eigenvalue weighted by atomic mass is 10.4. The van der Waals surface area contributed by atoms with Crippen molar-refractivity contribution in [3.05, 3.63) is 16.4 Å². The average molecular weight is 213 g/mol. The van der Waals surface area contributed by atoms with Gasteiger partial charge in [-0.3, -0.25) is 4.68 Å². The van der Waals surface area contributed by atoms with Crippen LogP contribution in [0.25, 0.3) is 0 Å². The molecular formula is C8H9BrN2. The molecule has 0 N–H and O–H groups in total. The Balaban J connectivity index is 2.98. The summed E-state index contributed by atoms with van der Waals surface area (Å²) < 4.78 is 2.72. The maximum Gasteiger partial charge on any atom is 0.125 e. The molecule has 1 aromatic rings. The summed E-state index contributed by atoms with van der Waals surface area (Å²) in [7, 11) is 0. The maximum atomic E-state index is 5.29. The van der Waals surface area contributed by atoms with Crippen LogP contribution >= 0.6 is 15.9 Å². The van der Waals surface area contributed by atoms with Crippen molar-refractivity contribution in [3.8, 4) is 12.3 Å². The molecule has 1 aromatic heterocycles. The molecule has 0 aliphatic carbocycles. The number of terminal acetylenes is 1. The van der Waals surface area contributed by atoms with E-state index in [1.165, 1.54) is 0 Å². The highest BCUT2D eigenvalue weighted by atomic mass is 79.9. The standard InChI is InChI=1S/C8H9BrN2/c1-3-5-11-8(4-2)7(9)6-10-11/h2,6H,3,5H2,1H3. The summed E-state index contributed by atoms with van der Waals surface area (Å²) >= 11 is 3.32. The Morgan fingerprint density at radius 1 is 1.82 bits per heavy atom. The van der Waals surface area contributed by atoms with Crippen LogP contribution in [0.1, 0.15) is 19.0 Å². The van der Waals surface area contributed by atoms with Crippen LogP contribution in [0.4, 0.5) is 0 Å². The van der Waals surface area contributed by atoms with Gasteiger partial charge in [-0.1, -0.05) is 6.92 Å². The van der Waals surface area contributed by atoms with Gasteiger partial charge in [-0.15, -0.1) is 6.42 Å². The van der Waals surface area contributed by atoms with Gasteiger partial charge in [0.05, 0.1) is 10.7 Å². The van der Waals surface area contributed by atoms with Gasteiger partial charge in [-0.2, -0.15) is 5.10 Å². The zero-order valence-corrected chi connectivity index (χ0v) is 7.93. The third-order valence-electron chi connectivity index (χ3n) is 1.37. The number of nitrogens with zero attached hydrogens (tertiary/aromatic N) is 2. The lowest BCUT2D eigenvalue weighted by Gasteiger charge is -1.98. The van der Waals surface area contributed by atoms with Crippen LogP contribution in [0.2, 0.25) is 0 Å². The molecular weight excluding hydrogens is 204 g/mol. The monoisotopic (exact) mass is 212 g/mol. The Kier molecular flexibility index (Phi) is 2.72. The molecule has 3 heteroatoms. The van der Waals surface area contributed by atoms with E-state index in [-0.39, 0.29) is 0 Å². The summed E-state index contributed by atoms with van der Waals surface area (Å²) in [5.74, 6) is 2.58. The lowest BCUT2D eigenvalue weighted by molar-refractivity contribution is 0.596. The third kappa shape index (κ3) is 1.63. The summed E-state index contributed by atoms with van der Waals surface area (Å²) in [6.45, 7) is 2.97. The molecule has 58 valence electrons. The van der Waals surface area contributed by atoms with Gasteiger partial charge in [0.15, 0.2) is 0 Å². The fourth-order valence-corrected chi connectivity index (χ4v) is 1.30. The molecule has 0 aliphatic heterocycles. The number of rotatable bonds is 2. The van der Waals surface area contributed by atoms with Gasteiger partial charge in [0.25, 0.3) is 0 Å². The molecule has 0 radical (unpaired) electrons. The van der Waals surface area contributed by atoms with Gasteiger partial charge in [0.2, 0.25) is 0 Å². The zero-order chi connectivity index (χ0) is 8.27. The Morgan fingerprint density at radius 2 is 2.55 bits per heavy atom. The van der Waals surface area contributed by atoms with Gasteiger partial charge in [0, 0.05) is 6.54 Å². The zero-order valence-electron chi connectivity index (χ0n) is 6.34. The maximum absolute atomic E-state index is 5.29. The molecule has 0 aliphatic rings. The predicted octanol–water partition coefficient (Wildman–Crippen LogP) is 2.04. The van der Waals surface area contributed by atoms with Crippen molar-refractivity contribution < 1.29 is 0 Å². The summed E-state index contributed by atoms with van der Waals surface area (Å²) in [6, 6.07) is 0. The number of aromatic nitrogens is 2. The van der Waals surface area contributed by atoms with Crippen molar-refractivity contribution in [3.63, 3.8) is 0 Å². The highest BCUT2D eigenvalue weighted by Crippen LogP contribution is 2.14. The van der Waals surface area contributed by atoms with Crippen LogP contribution in [-0.4, -0.2) is 9.78 Å². The fraction of sp³-hybridized carbons (Fsp3) is 0.375. The first-order valence-corrected chi connectivity index (χ1v) is 4.26. The minimum atomic E-state index is 0.826. The Bertz CT molecular complexity index is 283. The van der Waals surface area contributed by atoms with Gasteiger partial charge in [0.1, 0.15) is 5.69 Å². The Hall–Kier alpha value is -0.750. The molecule has 0 unspecified atom stereocenters. The quantitative estimate of drug-likeness (QED) is 0.687. The van der Waals surface area contributed by atoms with Crippen molar-refractivity contribution in [1.82, 2.24) is 9.78 Å². The first-order valence-electron chi connectivity index (χ1n) is 3.47. The van der Waals surface area contributed by atoms with Crippen molar-refractivity contribution in [2.24, 2.45) is 0 Å². The molecule has 2 nitrogen and oxygen atoms in total. The van der Waals surface area contributed by atoms with Crippen molar-refractivity contribution >= 4 is 15.9 Å².